The molecular formula is C11H16BrN3O. The maximum atomic E-state index is 12.1. The first-order valence-electron chi connectivity index (χ1n) is 5.52. The summed E-state index contributed by atoms with van der Waals surface area (Å²) in [6, 6.07) is 0. The topological polar surface area (TPSA) is 38.1 Å². The highest BCUT2D eigenvalue weighted by atomic mass is 79.9. The van der Waals surface area contributed by atoms with Crippen LogP contribution in [0.15, 0.2) is 12.4 Å². The molecule has 0 fully saturated rings. The molecular weight excluding hydrogens is 270 g/mol. The van der Waals surface area contributed by atoms with Crippen LogP contribution in [0.1, 0.15) is 19.7 Å². The molecule has 16 heavy (non-hydrogen) atoms. The first-order chi connectivity index (χ1) is 7.59. The summed E-state index contributed by atoms with van der Waals surface area (Å²) in [4.78, 5) is 18.1. The van der Waals surface area contributed by atoms with Gasteiger partial charge in [0.15, 0.2) is 0 Å². The molecule has 0 radical (unpaired) electrons. The van der Waals surface area contributed by atoms with Gasteiger partial charge in [0, 0.05) is 25.5 Å². The average molecular weight is 286 g/mol. The SMILES string of the molecule is CC(C)C(Br)C(=O)N1CCn2ccnc2C1. The molecule has 0 saturated heterocycles. The van der Waals surface area contributed by atoms with Crippen molar-refractivity contribution in [3.63, 3.8) is 0 Å². The molecule has 0 bridgehead atoms. The average Bonchev–Trinajstić information content (AvgIpc) is 2.73. The van der Waals surface area contributed by atoms with Gasteiger partial charge >= 0.3 is 0 Å². The fourth-order valence-corrected chi connectivity index (χ4v) is 2.11. The monoisotopic (exact) mass is 285 g/mol. The molecule has 0 spiro atoms. The van der Waals surface area contributed by atoms with Gasteiger partial charge in [-0.1, -0.05) is 29.8 Å². The van der Waals surface area contributed by atoms with E-state index in [-0.39, 0.29) is 10.7 Å². The highest BCUT2D eigenvalue weighted by molar-refractivity contribution is 9.10. The summed E-state index contributed by atoms with van der Waals surface area (Å²) in [7, 11) is 0. The molecule has 1 aromatic heterocycles. The largest absolute Gasteiger partial charge is 0.332 e. The molecule has 1 unspecified atom stereocenters. The molecule has 0 saturated carbocycles. The second kappa shape index (κ2) is 4.57. The van der Waals surface area contributed by atoms with Crippen LogP contribution in [-0.2, 0) is 17.9 Å². The standard InChI is InChI=1S/C11H16BrN3O/c1-8(2)10(12)11(16)15-6-5-14-4-3-13-9(14)7-15/h3-4,8,10H,5-7H2,1-2H3. The number of amides is 1. The molecule has 1 atom stereocenters. The van der Waals surface area contributed by atoms with E-state index in [1.165, 1.54) is 0 Å². The van der Waals surface area contributed by atoms with E-state index < -0.39 is 0 Å². The van der Waals surface area contributed by atoms with Crippen LogP contribution in [0.2, 0.25) is 0 Å². The predicted octanol–water partition coefficient (Wildman–Crippen LogP) is 1.64. The Hall–Kier alpha value is -0.840. The Morgan fingerprint density at radius 2 is 2.25 bits per heavy atom. The lowest BCUT2D eigenvalue weighted by atomic mass is 10.1. The fraction of sp³-hybridized carbons (Fsp3) is 0.636. The maximum absolute atomic E-state index is 12.1. The molecule has 2 rings (SSSR count). The first kappa shape index (κ1) is 11.6. The zero-order chi connectivity index (χ0) is 11.7. The third-order valence-corrected chi connectivity index (χ3v) is 4.33. The number of carbonyl (C=O) groups is 1. The first-order valence-corrected chi connectivity index (χ1v) is 6.44. The number of hydrogen-bond acceptors (Lipinski definition) is 2. The van der Waals surface area contributed by atoms with Crippen molar-refractivity contribution >= 4 is 21.8 Å². The second-order valence-corrected chi connectivity index (χ2v) is 5.43. The van der Waals surface area contributed by atoms with Gasteiger partial charge in [0.25, 0.3) is 0 Å². The zero-order valence-corrected chi connectivity index (χ0v) is 11.1. The number of nitrogens with zero attached hydrogens (tertiary/aromatic N) is 3. The van der Waals surface area contributed by atoms with Gasteiger partial charge in [-0.15, -0.1) is 0 Å². The third kappa shape index (κ3) is 2.14. The highest BCUT2D eigenvalue weighted by Crippen LogP contribution is 2.18. The fourth-order valence-electron chi connectivity index (χ4n) is 1.82. The Bertz CT molecular complexity index is 388. The lowest BCUT2D eigenvalue weighted by Crippen LogP contribution is -2.43. The van der Waals surface area contributed by atoms with E-state index in [4.69, 9.17) is 0 Å². The minimum Gasteiger partial charge on any atom is -0.332 e. The molecule has 4 nitrogen and oxygen atoms in total. The van der Waals surface area contributed by atoms with Crippen molar-refractivity contribution in [1.29, 1.82) is 0 Å². The minimum absolute atomic E-state index is 0.0889. The van der Waals surface area contributed by atoms with Crippen molar-refractivity contribution in [2.24, 2.45) is 5.92 Å². The summed E-state index contributed by atoms with van der Waals surface area (Å²) in [5.41, 5.74) is 0. The van der Waals surface area contributed by atoms with Crippen LogP contribution in [0.5, 0.6) is 0 Å². The second-order valence-electron chi connectivity index (χ2n) is 4.44. The third-order valence-electron chi connectivity index (χ3n) is 2.88. The summed E-state index contributed by atoms with van der Waals surface area (Å²) in [5, 5.41) is 0. The summed E-state index contributed by atoms with van der Waals surface area (Å²) in [6.45, 7) is 6.33. The highest BCUT2D eigenvalue weighted by Gasteiger charge is 2.27. The Morgan fingerprint density at radius 1 is 1.50 bits per heavy atom. The molecule has 2 heterocycles. The van der Waals surface area contributed by atoms with Gasteiger partial charge in [-0.2, -0.15) is 0 Å². The van der Waals surface area contributed by atoms with Gasteiger partial charge in [-0.05, 0) is 5.92 Å². The van der Waals surface area contributed by atoms with E-state index in [0.29, 0.717) is 12.5 Å². The molecule has 0 aromatic carbocycles. The summed E-state index contributed by atoms with van der Waals surface area (Å²) >= 11 is 3.46. The number of halogens is 1. The summed E-state index contributed by atoms with van der Waals surface area (Å²) < 4.78 is 2.10. The molecule has 5 heteroatoms. The Morgan fingerprint density at radius 3 is 2.94 bits per heavy atom. The van der Waals surface area contributed by atoms with Crippen LogP contribution in [-0.4, -0.2) is 31.7 Å². The van der Waals surface area contributed by atoms with E-state index in [9.17, 15) is 4.79 Å². The number of aromatic nitrogens is 2. The normalized spacial score (nSPS) is 17.4. The van der Waals surface area contributed by atoms with Crippen LogP contribution in [0.25, 0.3) is 0 Å². The van der Waals surface area contributed by atoms with Crippen molar-refractivity contribution in [3.8, 4) is 0 Å². The van der Waals surface area contributed by atoms with E-state index in [0.717, 1.165) is 18.9 Å². The van der Waals surface area contributed by atoms with E-state index in [2.05, 4.69) is 25.5 Å². The van der Waals surface area contributed by atoms with Gasteiger partial charge < -0.3 is 9.47 Å². The number of fused-ring (bicyclic) bond motifs is 1. The van der Waals surface area contributed by atoms with Crippen molar-refractivity contribution in [1.82, 2.24) is 14.5 Å². The van der Waals surface area contributed by atoms with Crippen LogP contribution in [0.4, 0.5) is 0 Å². The Labute approximate surface area is 104 Å². The number of rotatable bonds is 2. The van der Waals surface area contributed by atoms with Crippen LogP contribution in [0, 0.1) is 5.92 Å². The van der Waals surface area contributed by atoms with Crippen LogP contribution < -0.4 is 0 Å². The van der Waals surface area contributed by atoms with Gasteiger partial charge in [-0.3, -0.25) is 4.79 Å². The molecule has 0 N–H and O–H groups in total. The van der Waals surface area contributed by atoms with Crippen molar-refractivity contribution < 1.29 is 4.79 Å². The van der Waals surface area contributed by atoms with Gasteiger partial charge in [0.05, 0.1) is 11.4 Å². The van der Waals surface area contributed by atoms with Gasteiger partial charge in [-0.25, -0.2) is 4.98 Å². The number of alkyl halides is 1. The van der Waals surface area contributed by atoms with Gasteiger partial charge in [0.2, 0.25) is 5.91 Å². The van der Waals surface area contributed by atoms with Crippen molar-refractivity contribution in [2.45, 2.75) is 31.8 Å². The number of hydrogen-bond donors (Lipinski definition) is 0. The van der Waals surface area contributed by atoms with Crippen molar-refractivity contribution in [2.75, 3.05) is 6.54 Å². The molecule has 1 aromatic rings. The lowest BCUT2D eigenvalue weighted by Gasteiger charge is -2.30. The molecule has 88 valence electrons. The minimum atomic E-state index is -0.0889. The molecule has 1 aliphatic heterocycles. The molecule has 0 aliphatic carbocycles. The van der Waals surface area contributed by atoms with Crippen LogP contribution >= 0.6 is 15.9 Å². The van der Waals surface area contributed by atoms with E-state index in [1.54, 1.807) is 6.20 Å². The quantitative estimate of drug-likeness (QED) is 0.775. The Balaban J connectivity index is 2.06. The molecule has 1 aliphatic rings. The summed E-state index contributed by atoms with van der Waals surface area (Å²) in [5.74, 6) is 1.46. The predicted molar refractivity (Wildman–Crippen MR) is 65.2 cm³/mol. The smallest absolute Gasteiger partial charge is 0.237 e. The maximum Gasteiger partial charge on any atom is 0.237 e. The molecule has 1 amide bonds. The number of imidazole rings is 1. The summed E-state index contributed by atoms with van der Waals surface area (Å²) in [6.07, 6.45) is 3.75. The number of carbonyl (C=O) groups excluding carboxylic acids is 1. The van der Waals surface area contributed by atoms with Crippen molar-refractivity contribution in [3.05, 3.63) is 18.2 Å². The van der Waals surface area contributed by atoms with Crippen LogP contribution in [0.3, 0.4) is 0 Å². The zero-order valence-electron chi connectivity index (χ0n) is 9.56. The Kier molecular flexibility index (Phi) is 3.33. The van der Waals surface area contributed by atoms with Gasteiger partial charge in [0.1, 0.15) is 5.82 Å². The van der Waals surface area contributed by atoms with E-state index >= 15 is 0 Å². The van der Waals surface area contributed by atoms with E-state index in [1.807, 2.05) is 24.9 Å². The lowest BCUT2D eigenvalue weighted by molar-refractivity contribution is -0.132.